The average molecular weight is 266 g/mol. The van der Waals surface area contributed by atoms with Crippen LogP contribution in [-0.4, -0.2) is 24.1 Å². The van der Waals surface area contributed by atoms with Crippen LogP contribution in [0.15, 0.2) is 42.0 Å². The fraction of sp³-hybridized carbons (Fsp3) is 0.125. The molecule has 2 unspecified atom stereocenters. The molecule has 1 aromatic rings. The lowest BCUT2D eigenvalue weighted by atomic mass is 9.68. The van der Waals surface area contributed by atoms with Crippen molar-refractivity contribution in [3.05, 3.63) is 58.7 Å². The van der Waals surface area contributed by atoms with Gasteiger partial charge in [0.1, 0.15) is 6.29 Å². The van der Waals surface area contributed by atoms with Crippen molar-refractivity contribution in [2.45, 2.75) is 0 Å². The molecule has 0 aromatic heterocycles. The molecule has 0 aliphatic heterocycles. The van der Waals surface area contributed by atoms with E-state index in [9.17, 15) is 19.2 Å². The zero-order chi connectivity index (χ0) is 14.3. The Hall–Kier alpha value is -2.62. The van der Waals surface area contributed by atoms with Crippen LogP contribution in [0.4, 0.5) is 0 Å². The summed E-state index contributed by atoms with van der Waals surface area (Å²) in [6, 6.07) is 4.61. The van der Waals surface area contributed by atoms with Gasteiger partial charge in [0, 0.05) is 22.3 Å². The molecule has 0 N–H and O–H groups in total. The number of aldehydes is 2. The lowest BCUT2D eigenvalue weighted by Crippen LogP contribution is -2.38. The molecule has 0 heterocycles. The van der Waals surface area contributed by atoms with Gasteiger partial charge < -0.3 is 0 Å². The second kappa shape index (κ2) is 4.49. The molecule has 2 aliphatic carbocycles. The van der Waals surface area contributed by atoms with Crippen molar-refractivity contribution in [3.8, 4) is 0 Å². The number of hydrogen-bond acceptors (Lipinski definition) is 4. The van der Waals surface area contributed by atoms with Crippen LogP contribution in [0.3, 0.4) is 0 Å². The van der Waals surface area contributed by atoms with Crippen LogP contribution in [0.1, 0.15) is 31.1 Å². The minimum Gasteiger partial charge on any atom is -0.298 e. The molecular formula is C16H10O4. The highest BCUT2D eigenvalue weighted by Crippen LogP contribution is 2.37. The van der Waals surface area contributed by atoms with E-state index < -0.39 is 11.8 Å². The second-order valence-corrected chi connectivity index (χ2v) is 4.79. The molecule has 98 valence electrons. The molecule has 1 aromatic carbocycles. The van der Waals surface area contributed by atoms with Gasteiger partial charge in [-0.25, -0.2) is 0 Å². The third kappa shape index (κ3) is 1.54. The van der Waals surface area contributed by atoms with E-state index in [2.05, 4.69) is 0 Å². The van der Waals surface area contributed by atoms with Crippen LogP contribution in [0.5, 0.6) is 0 Å². The third-order valence-electron chi connectivity index (χ3n) is 3.78. The minimum absolute atomic E-state index is 0.172. The van der Waals surface area contributed by atoms with Gasteiger partial charge >= 0.3 is 0 Å². The zero-order valence-corrected chi connectivity index (χ0v) is 10.4. The van der Waals surface area contributed by atoms with Crippen molar-refractivity contribution in [1.82, 2.24) is 0 Å². The standard InChI is InChI=1S/C16H10O4/c17-7-9-3-1-5-11-13(9)16(20)12-6-2-4-10(8-18)14(12)15(11)19/h1-8,11,13H. The number of allylic oxidation sites excluding steroid dienone is 4. The Kier molecular flexibility index (Phi) is 2.79. The Morgan fingerprint density at radius 2 is 1.80 bits per heavy atom. The summed E-state index contributed by atoms with van der Waals surface area (Å²) in [5.41, 5.74) is 0.919. The molecule has 3 rings (SSSR count). The van der Waals surface area contributed by atoms with Gasteiger partial charge in [0.2, 0.25) is 0 Å². The van der Waals surface area contributed by atoms with Crippen LogP contribution in [0.25, 0.3) is 0 Å². The fourth-order valence-electron chi connectivity index (χ4n) is 2.86. The lowest BCUT2D eigenvalue weighted by Gasteiger charge is -2.31. The molecule has 4 nitrogen and oxygen atoms in total. The smallest absolute Gasteiger partial charge is 0.172 e. The minimum atomic E-state index is -0.764. The normalized spacial score (nSPS) is 23.7. The molecule has 4 heteroatoms. The SMILES string of the molecule is O=CC1=CC=CC2C(=O)c3c(C=O)cccc3C(=O)C12. The van der Waals surface area contributed by atoms with Crippen LogP contribution < -0.4 is 0 Å². The molecule has 2 atom stereocenters. The number of carbonyl (C=O) groups is 4. The molecule has 2 aliphatic rings. The number of hydrogen-bond donors (Lipinski definition) is 0. The van der Waals surface area contributed by atoms with Crippen LogP contribution in [0.2, 0.25) is 0 Å². The highest BCUT2D eigenvalue weighted by Gasteiger charge is 2.43. The summed E-state index contributed by atoms with van der Waals surface area (Å²) in [5, 5.41) is 0. The van der Waals surface area contributed by atoms with Gasteiger partial charge in [-0.15, -0.1) is 0 Å². The van der Waals surface area contributed by atoms with Crippen LogP contribution in [-0.2, 0) is 4.79 Å². The number of rotatable bonds is 2. The van der Waals surface area contributed by atoms with Gasteiger partial charge in [0.05, 0.1) is 11.8 Å². The number of ketones is 2. The van der Waals surface area contributed by atoms with Gasteiger partial charge in [0.25, 0.3) is 0 Å². The molecule has 0 amide bonds. The quantitative estimate of drug-likeness (QED) is 0.765. The number of carbonyl (C=O) groups excluding carboxylic acids is 4. The first kappa shape index (κ1) is 12.4. The van der Waals surface area contributed by atoms with Gasteiger partial charge in [-0.2, -0.15) is 0 Å². The third-order valence-corrected chi connectivity index (χ3v) is 3.78. The summed E-state index contributed by atoms with van der Waals surface area (Å²) in [7, 11) is 0. The maximum atomic E-state index is 12.5. The van der Waals surface area contributed by atoms with Gasteiger partial charge in [-0.1, -0.05) is 36.4 Å². The summed E-state index contributed by atoms with van der Waals surface area (Å²) < 4.78 is 0. The Balaban J connectivity index is 2.25. The summed E-state index contributed by atoms with van der Waals surface area (Å²) in [6.45, 7) is 0. The molecule has 0 radical (unpaired) electrons. The molecule has 0 saturated heterocycles. The van der Waals surface area contributed by atoms with Crippen molar-refractivity contribution in [1.29, 1.82) is 0 Å². The summed E-state index contributed by atoms with van der Waals surface area (Å²) in [5.74, 6) is -2.02. The zero-order valence-electron chi connectivity index (χ0n) is 10.4. The summed E-state index contributed by atoms with van der Waals surface area (Å²) in [6.07, 6.45) is 5.95. The van der Waals surface area contributed by atoms with Gasteiger partial charge in [0.15, 0.2) is 17.9 Å². The molecule has 0 bridgehead atoms. The maximum Gasteiger partial charge on any atom is 0.172 e. The monoisotopic (exact) mass is 266 g/mol. The van der Waals surface area contributed by atoms with Crippen molar-refractivity contribution < 1.29 is 19.2 Å². The van der Waals surface area contributed by atoms with Gasteiger partial charge in [-0.05, 0) is 0 Å². The van der Waals surface area contributed by atoms with E-state index in [1.807, 2.05) is 0 Å². The highest BCUT2D eigenvalue weighted by molar-refractivity contribution is 6.21. The van der Waals surface area contributed by atoms with Crippen LogP contribution >= 0.6 is 0 Å². The number of benzene rings is 1. The van der Waals surface area contributed by atoms with E-state index in [1.54, 1.807) is 24.3 Å². The molecular weight excluding hydrogens is 256 g/mol. The molecule has 20 heavy (non-hydrogen) atoms. The largest absolute Gasteiger partial charge is 0.298 e. The van der Waals surface area contributed by atoms with Crippen molar-refractivity contribution in [3.63, 3.8) is 0 Å². The first-order chi connectivity index (χ1) is 9.69. The topological polar surface area (TPSA) is 68.3 Å². The van der Waals surface area contributed by atoms with Crippen LogP contribution in [0, 0.1) is 11.8 Å². The van der Waals surface area contributed by atoms with E-state index in [0.29, 0.717) is 18.1 Å². The van der Waals surface area contributed by atoms with E-state index in [4.69, 9.17) is 0 Å². The predicted octanol–water partition coefficient (Wildman–Crippen LogP) is 1.81. The Morgan fingerprint density at radius 3 is 2.50 bits per heavy atom. The maximum absolute atomic E-state index is 12.5. The predicted molar refractivity (Wildman–Crippen MR) is 70.8 cm³/mol. The second-order valence-electron chi connectivity index (χ2n) is 4.79. The van der Waals surface area contributed by atoms with Crippen molar-refractivity contribution in [2.24, 2.45) is 11.8 Å². The van der Waals surface area contributed by atoms with E-state index in [0.717, 1.165) is 0 Å². The van der Waals surface area contributed by atoms with Crippen molar-refractivity contribution >= 4 is 24.1 Å². The molecule has 0 spiro atoms. The molecule has 0 saturated carbocycles. The van der Waals surface area contributed by atoms with Crippen molar-refractivity contribution in [2.75, 3.05) is 0 Å². The Bertz CT molecular complexity index is 709. The Labute approximate surface area is 114 Å². The lowest BCUT2D eigenvalue weighted by molar-refractivity contribution is -0.105. The summed E-state index contributed by atoms with van der Waals surface area (Å²) in [4.78, 5) is 47.2. The van der Waals surface area contributed by atoms with E-state index >= 15 is 0 Å². The van der Waals surface area contributed by atoms with E-state index in [1.165, 1.54) is 12.1 Å². The number of Topliss-reactive ketones (excluding diaryl/α,β-unsaturated/α-hetero) is 2. The first-order valence-electron chi connectivity index (χ1n) is 6.19. The van der Waals surface area contributed by atoms with E-state index in [-0.39, 0.29) is 28.3 Å². The van der Waals surface area contributed by atoms with Gasteiger partial charge in [-0.3, -0.25) is 19.2 Å². The molecule has 0 fully saturated rings. The fourth-order valence-corrected chi connectivity index (χ4v) is 2.86. The Morgan fingerprint density at radius 1 is 1.00 bits per heavy atom. The highest BCUT2D eigenvalue weighted by atomic mass is 16.1. The first-order valence-corrected chi connectivity index (χ1v) is 6.19. The summed E-state index contributed by atoms with van der Waals surface area (Å²) >= 11 is 0. The number of fused-ring (bicyclic) bond motifs is 2. The average Bonchev–Trinajstić information content (AvgIpc) is 2.50.